The topological polar surface area (TPSA) is 0 Å². The zero-order chi connectivity index (χ0) is 10.1. The number of rotatable bonds is 7. The van der Waals surface area contributed by atoms with Gasteiger partial charge in [0.25, 0.3) is 0 Å². The molecule has 0 nitrogen and oxygen atoms in total. The van der Waals surface area contributed by atoms with Gasteiger partial charge in [-0.3, -0.25) is 0 Å². The van der Waals surface area contributed by atoms with Crippen LogP contribution in [-0.2, 0) is 0 Å². The van der Waals surface area contributed by atoms with Crippen LogP contribution < -0.4 is 0 Å². The second-order valence-electron chi connectivity index (χ2n) is 3.18. The standard InChI is InChI=1S/C10H17F3/c1-2-3-4-5-6-7-8-9(11)10(12)13/h2-8H2,1H3. The number of halogens is 3. The van der Waals surface area contributed by atoms with E-state index < -0.39 is 11.9 Å². The van der Waals surface area contributed by atoms with E-state index in [-0.39, 0.29) is 6.42 Å². The fourth-order valence-electron chi connectivity index (χ4n) is 1.16. The molecular weight excluding hydrogens is 177 g/mol. The van der Waals surface area contributed by atoms with E-state index in [1.54, 1.807) is 0 Å². The first kappa shape index (κ1) is 12.5. The van der Waals surface area contributed by atoms with E-state index in [2.05, 4.69) is 6.92 Å². The Labute approximate surface area is 77.8 Å². The monoisotopic (exact) mass is 194 g/mol. The van der Waals surface area contributed by atoms with Gasteiger partial charge in [-0.25, -0.2) is 4.39 Å². The Morgan fingerprint density at radius 3 is 1.92 bits per heavy atom. The molecule has 0 saturated carbocycles. The first-order chi connectivity index (χ1) is 6.18. The van der Waals surface area contributed by atoms with Crippen LogP contribution in [0.4, 0.5) is 13.2 Å². The summed E-state index contributed by atoms with van der Waals surface area (Å²) >= 11 is 0. The van der Waals surface area contributed by atoms with Crippen LogP contribution in [-0.4, -0.2) is 0 Å². The zero-order valence-corrected chi connectivity index (χ0v) is 8.08. The second kappa shape index (κ2) is 8.14. The first-order valence-electron chi connectivity index (χ1n) is 4.88. The molecule has 0 unspecified atom stereocenters. The predicted octanol–water partition coefficient (Wildman–Crippen LogP) is 4.81. The van der Waals surface area contributed by atoms with Crippen molar-refractivity contribution in [2.45, 2.75) is 51.9 Å². The molecule has 0 radical (unpaired) electrons. The maximum Gasteiger partial charge on any atom is 0.301 e. The minimum atomic E-state index is -2.16. The van der Waals surface area contributed by atoms with Crippen molar-refractivity contribution in [2.75, 3.05) is 0 Å². The SMILES string of the molecule is CCCCCCCCC(F)=C(F)F. The first-order valence-corrected chi connectivity index (χ1v) is 4.88. The maximum absolute atomic E-state index is 12.2. The average molecular weight is 194 g/mol. The van der Waals surface area contributed by atoms with Crippen molar-refractivity contribution in [3.63, 3.8) is 0 Å². The second-order valence-corrected chi connectivity index (χ2v) is 3.18. The van der Waals surface area contributed by atoms with Gasteiger partial charge in [-0.05, 0) is 6.42 Å². The highest BCUT2D eigenvalue weighted by atomic mass is 19.3. The molecule has 0 aliphatic heterocycles. The summed E-state index contributed by atoms with van der Waals surface area (Å²) in [5.74, 6) is -1.24. The van der Waals surface area contributed by atoms with Gasteiger partial charge < -0.3 is 0 Å². The molecule has 0 N–H and O–H groups in total. The highest BCUT2D eigenvalue weighted by Crippen LogP contribution is 2.17. The average Bonchev–Trinajstić information content (AvgIpc) is 2.10. The van der Waals surface area contributed by atoms with Crippen molar-refractivity contribution in [1.82, 2.24) is 0 Å². The van der Waals surface area contributed by atoms with Crippen molar-refractivity contribution < 1.29 is 13.2 Å². The van der Waals surface area contributed by atoms with Crippen LogP contribution in [0.3, 0.4) is 0 Å². The van der Waals surface area contributed by atoms with Crippen LogP contribution in [0.1, 0.15) is 51.9 Å². The van der Waals surface area contributed by atoms with Gasteiger partial charge in [-0.15, -0.1) is 0 Å². The summed E-state index contributed by atoms with van der Waals surface area (Å²) < 4.78 is 35.4. The number of allylic oxidation sites excluding steroid dienone is 1. The number of unbranched alkanes of at least 4 members (excludes halogenated alkanes) is 5. The lowest BCUT2D eigenvalue weighted by Crippen LogP contribution is -1.81. The van der Waals surface area contributed by atoms with E-state index in [1.165, 1.54) is 6.42 Å². The van der Waals surface area contributed by atoms with Crippen molar-refractivity contribution in [3.05, 3.63) is 11.9 Å². The van der Waals surface area contributed by atoms with Crippen LogP contribution in [0.25, 0.3) is 0 Å². The fraction of sp³-hybridized carbons (Fsp3) is 0.800. The Morgan fingerprint density at radius 1 is 0.846 bits per heavy atom. The van der Waals surface area contributed by atoms with Gasteiger partial charge in [0.15, 0.2) is 5.83 Å². The summed E-state index contributed by atoms with van der Waals surface area (Å²) in [5.41, 5.74) is 0. The molecule has 0 saturated heterocycles. The minimum absolute atomic E-state index is 0.103. The normalized spacial score (nSPS) is 10.2. The third kappa shape index (κ3) is 7.88. The van der Waals surface area contributed by atoms with E-state index in [4.69, 9.17) is 0 Å². The summed E-state index contributed by atoms with van der Waals surface area (Å²) in [6.07, 6.45) is 3.61. The minimum Gasteiger partial charge on any atom is -0.206 e. The Bertz CT molecular complexity index is 148. The molecule has 3 heteroatoms. The highest BCUT2D eigenvalue weighted by molar-refractivity contribution is 4.90. The maximum atomic E-state index is 12.2. The Morgan fingerprint density at radius 2 is 1.38 bits per heavy atom. The van der Waals surface area contributed by atoms with E-state index in [9.17, 15) is 13.2 Å². The summed E-state index contributed by atoms with van der Waals surface area (Å²) in [4.78, 5) is 0. The molecular formula is C10H17F3. The van der Waals surface area contributed by atoms with Gasteiger partial charge in [0, 0.05) is 6.42 Å². The van der Waals surface area contributed by atoms with Crippen molar-refractivity contribution in [3.8, 4) is 0 Å². The summed E-state index contributed by atoms with van der Waals surface area (Å²) in [5, 5.41) is 0. The van der Waals surface area contributed by atoms with Crippen molar-refractivity contribution >= 4 is 0 Å². The molecule has 0 fully saturated rings. The molecule has 0 heterocycles. The van der Waals surface area contributed by atoms with Crippen LogP contribution in [0.2, 0.25) is 0 Å². The van der Waals surface area contributed by atoms with E-state index in [0.29, 0.717) is 6.42 Å². The summed E-state index contributed by atoms with van der Waals surface area (Å²) in [7, 11) is 0. The van der Waals surface area contributed by atoms with Gasteiger partial charge in [0.1, 0.15) is 0 Å². The number of hydrogen-bond donors (Lipinski definition) is 0. The predicted molar refractivity (Wildman–Crippen MR) is 48.3 cm³/mol. The lowest BCUT2D eigenvalue weighted by molar-refractivity contribution is 0.367. The molecule has 0 spiro atoms. The van der Waals surface area contributed by atoms with Gasteiger partial charge in [-0.1, -0.05) is 39.0 Å². The summed E-state index contributed by atoms with van der Waals surface area (Å²) in [6.45, 7) is 2.11. The van der Waals surface area contributed by atoms with E-state index in [1.807, 2.05) is 0 Å². The molecule has 0 aliphatic carbocycles. The van der Waals surface area contributed by atoms with E-state index >= 15 is 0 Å². The largest absolute Gasteiger partial charge is 0.301 e. The molecule has 0 aromatic heterocycles. The van der Waals surface area contributed by atoms with Crippen molar-refractivity contribution in [2.24, 2.45) is 0 Å². The Balaban J connectivity index is 3.22. The molecule has 0 atom stereocenters. The molecule has 0 aliphatic rings. The zero-order valence-electron chi connectivity index (χ0n) is 8.08. The molecule has 13 heavy (non-hydrogen) atoms. The molecule has 0 rings (SSSR count). The van der Waals surface area contributed by atoms with Crippen LogP contribution in [0.15, 0.2) is 11.9 Å². The van der Waals surface area contributed by atoms with Gasteiger partial charge in [-0.2, -0.15) is 8.78 Å². The van der Waals surface area contributed by atoms with Gasteiger partial charge in [0.2, 0.25) is 0 Å². The molecule has 0 bridgehead atoms. The lowest BCUT2D eigenvalue weighted by Gasteiger charge is -1.98. The quantitative estimate of drug-likeness (QED) is 0.510. The van der Waals surface area contributed by atoms with Crippen LogP contribution in [0.5, 0.6) is 0 Å². The molecule has 0 amide bonds. The molecule has 78 valence electrons. The lowest BCUT2D eigenvalue weighted by atomic mass is 10.1. The molecule has 0 aromatic rings. The fourth-order valence-corrected chi connectivity index (χ4v) is 1.16. The number of hydrogen-bond acceptors (Lipinski definition) is 0. The smallest absolute Gasteiger partial charge is 0.206 e. The van der Waals surface area contributed by atoms with Crippen LogP contribution >= 0.6 is 0 Å². The van der Waals surface area contributed by atoms with Crippen molar-refractivity contribution in [1.29, 1.82) is 0 Å². The Hall–Kier alpha value is -0.470. The van der Waals surface area contributed by atoms with Gasteiger partial charge >= 0.3 is 6.08 Å². The van der Waals surface area contributed by atoms with E-state index in [0.717, 1.165) is 25.7 Å². The van der Waals surface area contributed by atoms with Gasteiger partial charge in [0.05, 0.1) is 0 Å². The Kier molecular flexibility index (Phi) is 7.85. The third-order valence-electron chi connectivity index (χ3n) is 1.95. The third-order valence-corrected chi connectivity index (χ3v) is 1.95. The molecule has 0 aromatic carbocycles. The van der Waals surface area contributed by atoms with Crippen LogP contribution in [0, 0.1) is 0 Å². The highest BCUT2D eigenvalue weighted by Gasteiger charge is 2.03. The summed E-state index contributed by atoms with van der Waals surface area (Å²) in [6, 6.07) is 0.